The number of quaternary nitrogens is 1. The number of fused-ring (bicyclic) bond motifs is 1. The average molecular weight is 474 g/mol. The number of sulfone groups is 1. The first-order valence-corrected chi connectivity index (χ1v) is 11.8. The maximum atomic E-state index is 12.6. The molecule has 0 spiro atoms. The van der Waals surface area contributed by atoms with Crippen molar-refractivity contribution in [3.8, 4) is 5.75 Å². The van der Waals surface area contributed by atoms with Gasteiger partial charge in [0.15, 0.2) is 15.4 Å². The van der Waals surface area contributed by atoms with Crippen LogP contribution in [-0.4, -0.2) is 43.1 Å². The van der Waals surface area contributed by atoms with E-state index in [-0.39, 0.29) is 67.2 Å². The van der Waals surface area contributed by atoms with Crippen molar-refractivity contribution in [3.05, 3.63) is 39.2 Å². The van der Waals surface area contributed by atoms with E-state index in [0.29, 0.717) is 28.5 Å². The SMILES string of the molecule is CCOC(=O)CCc1c(C)c2ccc(O)c(C[NH2+]C3(C)CCS(=O)(=O)C3)c2oc1=O.[Cl-]. The van der Waals surface area contributed by atoms with Crippen LogP contribution < -0.4 is 23.3 Å². The largest absolute Gasteiger partial charge is 1.00 e. The Labute approximate surface area is 187 Å². The van der Waals surface area contributed by atoms with Crippen molar-refractivity contribution >= 4 is 26.8 Å². The van der Waals surface area contributed by atoms with Crippen LogP contribution in [0.4, 0.5) is 0 Å². The van der Waals surface area contributed by atoms with Gasteiger partial charge in [0, 0.05) is 23.8 Å². The second-order valence-corrected chi connectivity index (χ2v) is 10.3. The van der Waals surface area contributed by atoms with Crippen molar-refractivity contribution in [2.75, 3.05) is 18.1 Å². The molecule has 2 aromatic rings. The van der Waals surface area contributed by atoms with Crippen LogP contribution in [0.3, 0.4) is 0 Å². The summed E-state index contributed by atoms with van der Waals surface area (Å²) in [5.41, 5.74) is 0.813. The van der Waals surface area contributed by atoms with E-state index in [2.05, 4.69) is 0 Å². The van der Waals surface area contributed by atoms with Crippen LogP contribution in [0.25, 0.3) is 11.0 Å². The van der Waals surface area contributed by atoms with Gasteiger partial charge >= 0.3 is 11.6 Å². The number of benzene rings is 1. The van der Waals surface area contributed by atoms with Crippen molar-refractivity contribution in [1.29, 1.82) is 0 Å². The van der Waals surface area contributed by atoms with E-state index < -0.39 is 21.0 Å². The highest BCUT2D eigenvalue weighted by Gasteiger charge is 2.41. The third-order valence-electron chi connectivity index (χ3n) is 5.75. The van der Waals surface area contributed by atoms with Gasteiger partial charge in [0.2, 0.25) is 0 Å². The Morgan fingerprint density at radius 3 is 2.65 bits per heavy atom. The average Bonchev–Trinajstić information content (AvgIpc) is 2.94. The van der Waals surface area contributed by atoms with Crippen molar-refractivity contribution in [2.45, 2.75) is 52.1 Å². The van der Waals surface area contributed by atoms with Crippen molar-refractivity contribution in [1.82, 2.24) is 0 Å². The summed E-state index contributed by atoms with van der Waals surface area (Å²) in [6.07, 6.45) is 0.819. The fourth-order valence-corrected chi connectivity index (χ4v) is 6.18. The van der Waals surface area contributed by atoms with Crippen LogP contribution in [0.2, 0.25) is 0 Å². The maximum Gasteiger partial charge on any atom is 0.339 e. The van der Waals surface area contributed by atoms with Crippen LogP contribution in [0.5, 0.6) is 5.75 Å². The Bertz CT molecular complexity index is 1140. The highest BCUT2D eigenvalue weighted by Crippen LogP contribution is 2.29. The van der Waals surface area contributed by atoms with Gasteiger partial charge in [-0.05, 0) is 44.9 Å². The summed E-state index contributed by atoms with van der Waals surface area (Å²) in [4.78, 5) is 24.3. The number of rotatable bonds is 7. The summed E-state index contributed by atoms with van der Waals surface area (Å²) < 4.78 is 34.2. The molecule has 31 heavy (non-hydrogen) atoms. The normalized spacial score (nSPS) is 19.8. The lowest BCUT2D eigenvalue weighted by Gasteiger charge is -2.21. The standard InChI is InChI=1S/C21H27NO7S.ClH/c1-4-28-18(24)8-6-15-13(2)14-5-7-17(23)16(19(14)29-20(15)25)11-22-21(3)9-10-30(26,27)12-21;/h5,7,22-23H,4,6,8-12H2,1-3H3;1H. The van der Waals surface area contributed by atoms with Gasteiger partial charge in [-0.15, -0.1) is 0 Å². The molecule has 1 aromatic heterocycles. The van der Waals surface area contributed by atoms with E-state index in [1.807, 2.05) is 12.2 Å². The number of nitrogens with two attached hydrogens (primary N) is 1. The minimum atomic E-state index is -3.05. The van der Waals surface area contributed by atoms with Crippen molar-refractivity contribution < 1.29 is 45.2 Å². The van der Waals surface area contributed by atoms with Gasteiger partial charge in [0.05, 0.1) is 17.9 Å². The van der Waals surface area contributed by atoms with Crippen molar-refractivity contribution in [2.24, 2.45) is 0 Å². The van der Waals surface area contributed by atoms with E-state index in [0.717, 1.165) is 0 Å². The number of halogens is 1. The molecule has 1 atom stereocenters. The molecular weight excluding hydrogens is 446 g/mol. The number of carbonyl (C=O) groups is 1. The monoisotopic (exact) mass is 473 g/mol. The summed E-state index contributed by atoms with van der Waals surface area (Å²) in [6.45, 7) is 5.95. The molecule has 10 heteroatoms. The summed E-state index contributed by atoms with van der Waals surface area (Å²) in [6, 6.07) is 3.23. The highest BCUT2D eigenvalue weighted by atomic mass is 35.5. The Hall–Kier alpha value is -2.10. The van der Waals surface area contributed by atoms with Crippen LogP contribution in [0.15, 0.2) is 21.3 Å². The molecule has 172 valence electrons. The quantitative estimate of drug-likeness (QED) is 0.350. The number of hydrogen-bond acceptors (Lipinski definition) is 7. The molecular formula is C21H28ClNO7S. The van der Waals surface area contributed by atoms with Gasteiger partial charge in [-0.25, -0.2) is 13.2 Å². The van der Waals surface area contributed by atoms with Gasteiger partial charge in [0.25, 0.3) is 0 Å². The van der Waals surface area contributed by atoms with Gasteiger partial charge in [-0.2, -0.15) is 0 Å². The van der Waals surface area contributed by atoms with Crippen LogP contribution in [0.1, 0.15) is 43.4 Å². The summed E-state index contributed by atoms with van der Waals surface area (Å²) in [5.74, 6) is -0.159. The number of phenols is 1. The first-order valence-electron chi connectivity index (χ1n) is 10.0. The minimum absolute atomic E-state index is 0. The molecule has 1 aliphatic rings. The summed E-state index contributed by atoms with van der Waals surface area (Å²) in [7, 11) is -3.05. The molecule has 0 radical (unpaired) electrons. The predicted molar refractivity (Wildman–Crippen MR) is 111 cm³/mol. The predicted octanol–water partition coefficient (Wildman–Crippen LogP) is -2.05. The molecule has 1 aliphatic heterocycles. The van der Waals surface area contributed by atoms with E-state index in [1.54, 1.807) is 26.0 Å². The molecule has 0 bridgehead atoms. The first kappa shape index (κ1) is 25.2. The molecule has 2 heterocycles. The zero-order valence-electron chi connectivity index (χ0n) is 17.9. The zero-order valence-corrected chi connectivity index (χ0v) is 19.4. The number of phenolic OH excluding ortho intramolecular Hbond substituents is 1. The highest BCUT2D eigenvalue weighted by molar-refractivity contribution is 7.91. The lowest BCUT2D eigenvalue weighted by molar-refractivity contribution is -0.733. The smallest absolute Gasteiger partial charge is 0.339 e. The Kier molecular flexibility index (Phi) is 7.78. The van der Waals surface area contributed by atoms with Gasteiger partial charge in [-0.3, -0.25) is 4.79 Å². The minimum Gasteiger partial charge on any atom is -1.00 e. The number of esters is 1. The third kappa shape index (κ3) is 5.58. The second-order valence-electron chi connectivity index (χ2n) is 8.14. The molecule has 3 N–H and O–H groups in total. The number of aromatic hydroxyl groups is 1. The molecule has 0 aliphatic carbocycles. The Morgan fingerprint density at radius 2 is 2.03 bits per heavy atom. The van der Waals surface area contributed by atoms with Crippen LogP contribution in [-0.2, 0) is 32.3 Å². The van der Waals surface area contributed by atoms with E-state index >= 15 is 0 Å². The molecule has 3 rings (SSSR count). The zero-order chi connectivity index (χ0) is 22.1. The van der Waals surface area contributed by atoms with E-state index in [1.165, 1.54) is 0 Å². The van der Waals surface area contributed by atoms with Gasteiger partial charge in [-0.1, -0.05) is 0 Å². The van der Waals surface area contributed by atoms with Gasteiger partial charge < -0.3 is 32.0 Å². The molecule has 8 nitrogen and oxygen atoms in total. The van der Waals surface area contributed by atoms with Crippen LogP contribution >= 0.6 is 0 Å². The van der Waals surface area contributed by atoms with E-state index in [9.17, 15) is 23.1 Å². The number of hydrogen-bond donors (Lipinski definition) is 2. The molecule has 1 fully saturated rings. The number of aryl methyl sites for hydroxylation is 1. The Balaban J connectivity index is 0.00000341. The number of ether oxygens (including phenoxy) is 1. The van der Waals surface area contributed by atoms with Crippen molar-refractivity contribution in [3.63, 3.8) is 0 Å². The lowest BCUT2D eigenvalue weighted by Crippen LogP contribution is -3.00. The molecule has 1 aromatic carbocycles. The van der Waals surface area contributed by atoms with E-state index in [4.69, 9.17) is 9.15 Å². The lowest BCUT2D eigenvalue weighted by atomic mass is 9.98. The first-order chi connectivity index (χ1) is 14.1. The van der Waals surface area contributed by atoms with Gasteiger partial charge in [0.1, 0.15) is 23.6 Å². The number of carbonyl (C=O) groups excluding carboxylic acids is 1. The second kappa shape index (κ2) is 9.58. The maximum absolute atomic E-state index is 12.6. The fourth-order valence-electron chi connectivity index (χ4n) is 3.99. The molecule has 0 saturated carbocycles. The third-order valence-corrected chi connectivity index (χ3v) is 7.68. The molecule has 1 unspecified atom stereocenters. The fraction of sp³-hybridized carbons (Fsp3) is 0.524. The van der Waals surface area contributed by atoms with Crippen LogP contribution in [0, 0.1) is 6.92 Å². The topological polar surface area (TPSA) is 127 Å². The summed E-state index contributed by atoms with van der Waals surface area (Å²) in [5, 5.41) is 13.0. The Morgan fingerprint density at radius 1 is 1.32 bits per heavy atom. The summed E-state index contributed by atoms with van der Waals surface area (Å²) >= 11 is 0. The molecule has 1 saturated heterocycles. The molecule has 0 amide bonds.